The van der Waals surface area contributed by atoms with E-state index >= 15 is 0 Å². The lowest BCUT2D eigenvalue weighted by atomic mass is 10.3. The van der Waals surface area contributed by atoms with E-state index in [1.54, 1.807) is 0 Å². The fraction of sp³-hybridized carbons (Fsp3) is 0. The highest BCUT2D eigenvalue weighted by Crippen LogP contribution is 2.24. The third kappa shape index (κ3) is 2.13. The first-order chi connectivity index (χ1) is 8.04. The third-order valence-corrected chi connectivity index (χ3v) is 3.69. The molecule has 3 nitrogen and oxygen atoms in total. The number of aromatic nitrogens is 1. The van der Waals surface area contributed by atoms with Crippen LogP contribution in [-0.4, -0.2) is 10.9 Å². The Morgan fingerprint density at radius 2 is 2.06 bits per heavy atom. The number of carbonyl (C=O) groups is 1. The lowest BCUT2D eigenvalue weighted by molar-refractivity contribution is 0.112. The van der Waals surface area contributed by atoms with Crippen LogP contribution in [0.1, 0.15) is 9.67 Å². The molecular weight excluding hydrogens is 288 g/mol. The Kier molecular flexibility index (Phi) is 3.33. The van der Waals surface area contributed by atoms with Crippen LogP contribution in [0.25, 0.3) is 5.69 Å². The Labute approximate surface area is 109 Å². The molecular formula is C10H4Cl2FNO2S. The Morgan fingerprint density at radius 1 is 1.35 bits per heavy atom. The van der Waals surface area contributed by atoms with E-state index in [2.05, 4.69) is 0 Å². The maximum atomic E-state index is 13.0. The summed E-state index contributed by atoms with van der Waals surface area (Å²) in [6.07, 6.45) is 0.496. The normalized spacial score (nSPS) is 10.5. The molecule has 0 amide bonds. The summed E-state index contributed by atoms with van der Waals surface area (Å²) >= 11 is 12.2. The molecule has 0 bridgehead atoms. The highest BCUT2D eigenvalue weighted by molar-refractivity contribution is 7.11. The first kappa shape index (κ1) is 12.3. The van der Waals surface area contributed by atoms with Gasteiger partial charge < -0.3 is 0 Å². The first-order valence-corrected chi connectivity index (χ1v) is 5.93. The van der Waals surface area contributed by atoms with Gasteiger partial charge in [0.25, 0.3) is 0 Å². The average Bonchev–Trinajstić information content (AvgIpc) is 2.58. The van der Waals surface area contributed by atoms with Gasteiger partial charge in [-0.25, -0.2) is 4.39 Å². The summed E-state index contributed by atoms with van der Waals surface area (Å²) in [5.41, 5.74) is 0.316. The summed E-state index contributed by atoms with van der Waals surface area (Å²) in [5.74, 6) is -0.592. The molecule has 0 spiro atoms. The Balaban J connectivity index is 2.68. The summed E-state index contributed by atoms with van der Waals surface area (Å²) in [7, 11) is 0. The van der Waals surface area contributed by atoms with Crippen LogP contribution in [0.4, 0.5) is 4.39 Å². The minimum absolute atomic E-state index is 0.00215. The van der Waals surface area contributed by atoms with Crippen LogP contribution in [0.3, 0.4) is 0 Å². The molecule has 0 aliphatic rings. The molecule has 0 aliphatic heterocycles. The van der Waals surface area contributed by atoms with Crippen molar-refractivity contribution in [3.05, 3.63) is 48.7 Å². The molecule has 17 heavy (non-hydrogen) atoms. The zero-order chi connectivity index (χ0) is 12.6. The molecule has 0 radical (unpaired) electrons. The van der Waals surface area contributed by atoms with Crippen molar-refractivity contribution in [3.8, 4) is 5.69 Å². The number of carbonyl (C=O) groups excluding carboxylic acids is 1. The Morgan fingerprint density at radius 3 is 2.59 bits per heavy atom. The van der Waals surface area contributed by atoms with Crippen LogP contribution in [0, 0.1) is 5.82 Å². The van der Waals surface area contributed by atoms with Gasteiger partial charge in [-0.15, -0.1) is 0 Å². The van der Waals surface area contributed by atoms with Crippen molar-refractivity contribution in [2.75, 3.05) is 0 Å². The van der Waals surface area contributed by atoms with Gasteiger partial charge in [-0.3, -0.25) is 14.2 Å². The molecule has 88 valence electrons. The zero-order valence-electron chi connectivity index (χ0n) is 8.12. The van der Waals surface area contributed by atoms with E-state index in [4.69, 9.17) is 23.2 Å². The summed E-state index contributed by atoms with van der Waals surface area (Å²) in [6, 6.07) is 3.75. The lowest BCUT2D eigenvalue weighted by Gasteiger charge is -2.04. The predicted octanol–water partition coefficient (Wildman–Crippen LogP) is 3.16. The van der Waals surface area contributed by atoms with Crippen molar-refractivity contribution in [1.29, 1.82) is 0 Å². The van der Waals surface area contributed by atoms with Crippen molar-refractivity contribution >= 4 is 40.8 Å². The summed E-state index contributed by atoms with van der Waals surface area (Å²) in [5, 5.41) is -0.123. The van der Waals surface area contributed by atoms with Gasteiger partial charge in [0.05, 0.1) is 10.7 Å². The average molecular weight is 292 g/mol. The minimum Gasteiger partial charge on any atom is -0.297 e. The maximum Gasteiger partial charge on any atom is 0.313 e. The van der Waals surface area contributed by atoms with E-state index in [9.17, 15) is 14.0 Å². The van der Waals surface area contributed by atoms with Gasteiger partial charge in [0.1, 0.15) is 15.8 Å². The largest absolute Gasteiger partial charge is 0.313 e. The third-order valence-electron chi connectivity index (χ3n) is 2.05. The second-order valence-corrected chi connectivity index (χ2v) is 4.83. The van der Waals surface area contributed by atoms with Crippen molar-refractivity contribution in [3.63, 3.8) is 0 Å². The quantitative estimate of drug-likeness (QED) is 0.798. The molecule has 0 atom stereocenters. The molecule has 0 saturated heterocycles. The van der Waals surface area contributed by atoms with Crippen LogP contribution in [0.15, 0.2) is 23.0 Å². The monoisotopic (exact) mass is 291 g/mol. The van der Waals surface area contributed by atoms with E-state index in [0.29, 0.717) is 23.3 Å². The minimum atomic E-state index is -0.592. The number of rotatable bonds is 2. The fourth-order valence-electron chi connectivity index (χ4n) is 1.29. The lowest BCUT2D eigenvalue weighted by Crippen LogP contribution is -2.10. The van der Waals surface area contributed by atoms with Gasteiger partial charge in [-0.2, -0.15) is 0 Å². The van der Waals surface area contributed by atoms with Crippen LogP contribution >= 0.6 is 34.5 Å². The second-order valence-electron chi connectivity index (χ2n) is 3.07. The first-order valence-electron chi connectivity index (χ1n) is 4.36. The zero-order valence-corrected chi connectivity index (χ0v) is 10.4. The van der Waals surface area contributed by atoms with E-state index in [0.717, 1.165) is 10.6 Å². The Bertz CT molecular complexity index is 650. The van der Waals surface area contributed by atoms with Crippen molar-refractivity contribution in [2.45, 2.75) is 0 Å². The molecule has 0 N–H and O–H groups in total. The van der Waals surface area contributed by atoms with E-state index in [1.165, 1.54) is 12.1 Å². The van der Waals surface area contributed by atoms with Gasteiger partial charge in [-0.1, -0.05) is 34.5 Å². The summed E-state index contributed by atoms with van der Waals surface area (Å²) < 4.78 is 14.1. The standard InChI is InChI=1S/C10H4Cl2FNO2S/c11-6-3-5(1-2-7(6)13)14-9(12)8(4-15)17-10(14)16/h1-4H. The smallest absolute Gasteiger partial charge is 0.297 e. The van der Waals surface area contributed by atoms with Crippen molar-refractivity contribution < 1.29 is 9.18 Å². The van der Waals surface area contributed by atoms with Crippen LogP contribution in [-0.2, 0) is 0 Å². The molecule has 7 heteroatoms. The molecule has 0 aliphatic carbocycles. The van der Waals surface area contributed by atoms with Crippen LogP contribution in [0.2, 0.25) is 10.2 Å². The van der Waals surface area contributed by atoms with Gasteiger partial charge in [0, 0.05) is 0 Å². The number of hydrogen-bond acceptors (Lipinski definition) is 3. The number of aldehydes is 1. The highest BCUT2D eigenvalue weighted by atomic mass is 35.5. The molecule has 1 aromatic heterocycles. The Hall–Kier alpha value is -1.17. The number of hydrogen-bond donors (Lipinski definition) is 0. The topological polar surface area (TPSA) is 39.1 Å². The molecule has 1 aromatic carbocycles. The van der Waals surface area contributed by atoms with Gasteiger partial charge in [0.15, 0.2) is 6.29 Å². The maximum absolute atomic E-state index is 13.0. The summed E-state index contributed by atoms with van der Waals surface area (Å²) in [4.78, 5) is 21.9. The van der Waals surface area contributed by atoms with E-state index in [-0.39, 0.29) is 15.1 Å². The number of thiazole rings is 1. The summed E-state index contributed by atoms with van der Waals surface area (Å²) in [6.45, 7) is 0. The molecule has 1 heterocycles. The molecule has 2 aromatic rings. The molecule has 0 unspecified atom stereocenters. The predicted molar refractivity (Wildman–Crippen MR) is 65.3 cm³/mol. The molecule has 0 fully saturated rings. The van der Waals surface area contributed by atoms with Gasteiger partial charge in [-0.05, 0) is 18.2 Å². The van der Waals surface area contributed by atoms with E-state index < -0.39 is 10.7 Å². The number of halogens is 3. The highest BCUT2D eigenvalue weighted by Gasteiger charge is 2.14. The second kappa shape index (κ2) is 4.60. The fourth-order valence-corrected chi connectivity index (χ4v) is 2.55. The molecule has 2 rings (SSSR count). The van der Waals surface area contributed by atoms with Gasteiger partial charge in [0.2, 0.25) is 0 Å². The van der Waals surface area contributed by atoms with Crippen molar-refractivity contribution in [2.24, 2.45) is 0 Å². The molecule has 0 saturated carbocycles. The van der Waals surface area contributed by atoms with E-state index in [1.807, 2.05) is 0 Å². The SMILES string of the molecule is O=Cc1sc(=O)n(-c2ccc(F)c(Cl)c2)c1Cl. The number of nitrogens with zero attached hydrogens (tertiary/aromatic N) is 1. The van der Waals surface area contributed by atoms with Crippen LogP contribution in [0.5, 0.6) is 0 Å². The number of benzene rings is 1. The van der Waals surface area contributed by atoms with Gasteiger partial charge >= 0.3 is 4.87 Å². The van der Waals surface area contributed by atoms with Crippen LogP contribution < -0.4 is 4.87 Å². The van der Waals surface area contributed by atoms with Crippen molar-refractivity contribution in [1.82, 2.24) is 4.57 Å².